The monoisotopic (exact) mass is 446 g/mol. The van der Waals surface area contributed by atoms with Crippen molar-refractivity contribution >= 4 is 0 Å². The molecule has 3 nitrogen and oxygen atoms in total. The molecule has 0 amide bonds. The Bertz CT molecular complexity index is 1100. The molecule has 3 rings (SSSR count). The van der Waals surface area contributed by atoms with E-state index in [-0.39, 0.29) is 5.75 Å². The lowest BCUT2D eigenvalue weighted by molar-refractivity contribution is 0.377. The van der Waals surface area contributed by atoms with Crippen molar-refractivity contribution in [2.45, 2.75) is 80.1 Å². The van der Waals surface area contributed by atoms with Gasteiger partial charge in [-0.15, -0.1) is 0 Å². The first-order chi connectivity index (χ1) is 16.0. The summed E-state index contributed by atoms with van der Waals surface area (Å²) < 4.78 is 12.8. The Morgan fingerprint density at radius 1 is 0.515 bits per heavy atom. The second-order valence-electron chi connectivity index (χ2n) is 8.29. The van der Waals surface area contributed by atoms with Crippen LogP contribution in [0.3, 0.4) is 0 Å². The predicted molar refractivity (Wildman–Crippen MR) is 137 cm³/mol. The highest BCUT2D eigenvalue weighted by Crippen LogP contribution is 2.44. The molecule has 3 aromatic rings. The van der Waals surface area contributed by atoms with Crippen LogP contribution in [0.4, 0.5) is 0 Å². The quantitative estimate of drug-likeness (QED) is 0.340. The summed E-state index contributed by atoms with van der Waals surface area (Å²) in [4.78, 5) is 0. The van der Waals surface area contributed by atoms with Gasteiger partial charge < -0.3 is 14.6 Å². The third-order valence-electron chi connectivity index (χ3n) is 6.54. The molecule has 176 valence electrons. The van der Waals surface area contributed by atoms with E-state index in [4.69, 9.17) is 9.47 Å². The fraction of sp³-hybridized carbons (Fsp3) is 0.400. The van der Waals surface area contributed by atoms with E-state index in [0.717, 1.165) is 50.0 Å². The van der Waals surface area contributed by atoms with Crippen LogP contribution in [0, 0.1) is 0 Å². The number of ether oxygens (including phenoxy) is 2. The molecule has 0 saturated carbocycles. The SMILES string of the molecule is CCc1ccc(Oc2cccc(O)c2Oc2ccc(CC)c(CC)c2CC)c(CC)c1CC. The van der Waals surface area contributed by atoms with Crippen LogP contribution in [0.1, 0.15) is 74.9 Å². The second kappa shape index (κ2) is 11.3. The van der Waals surface area contributed by atoms with Crippen molar-refractivity contribution in [2.75, 3.05) is 0 Å². The Labute approximate surface area is 199 Å². The molecule has 0 unspecified atom stereocenters. The summed E-state index contributed by atoms with van der Waals surface area (Å²) in [6.07, 6.45) is 5.68. The summed E-state index contributed by atoms with van der Waals surface area (Å²) >= 11 is 0. The summed E-state index contributed by atoms with van der Waals surface area (Å²) in [6, 6.07) is 13.7. The van der Waals surface area contributed by atoms with Gasteiger partial charge in [-0.2, -0.15) is 0 Å². The molecule has 0 bridgehead atoms. The van der Waals surface area contributed by atoms with Gasteiger partial charge >= 0.3 is 0 Å². The van der Waals surface area contributed by atoms with Crippen molar-refractivity contribution in [3.8, 4) is 28.7 Å². The Hall–Kier alpha value is -2.94. The molecule has 0 fully saturated rings. The van der Waals surface area contributed by atoms with Crippen LogP contribution in [-0.2, 0) is 38.5 Å². The largest absolute Gasteiger partial charge is 0.504 e. The zero-order valence-electron chi connectivity index (χ0n) is 21.0. The second-order valence-corrected chi connectivity index (χ2v) is 8.29. The van der Waals surface area contributed by atoms with Crippen LogP contribution in [0.5, 0.6) is 28.7 Å². The maximum Gasteiger partial charge on any atom is 0.211 e. The first-order valence-electron chi connectivity index (χ1n) is 12.5. The molecule has 0 aliphatic rings. The molecule has 3 heteroatoms. The first-order valence-corrected chi connectivity index (χ1v) is 12.5. The minimum absolute atomic E-state index is 0.0751. The van der Waals surface area contributed by atoms with Crippen molar-refractivity contribution in [3.63, 3.8) is 0 Å². The van der Waals surface area contributed by atoms with E-state index in [1.165, 1.54) is 33.4 Å². The smallest absolute Gasteiger partial charge is 0.211 e. The van der Waals surface area contributed by atoms with Gasteiger partial charge in [0.1, 0.15) is 11.5 Å². The standard InChI is InChI=1S/C30H38O3/c1-7-20-16-18-27(24(11-5)22(20)9-3)32-29-15-13-14-26(31)30(29)33-28-19-17-21(8-2)23(10-4)25(28)12-6/h13-19,31H,7-12H2,1-6H3. The number of hydrogen-bond acceptors (Lipinski definition) is 3. The Balaban J connectivity index is 2.06. The van der Waals surface area contributed by atoms with E-state index in [2.05, 4.69) is 53.7 Å². The highest BCUT2D eigenvalue weighted by atomic mass is 16.5. The zero-order valence-corrected chi connectivity index (χ0v) is 21.0. The van der Waals surface area contributed by atoms with Crippen LogP contribution >= 0.6 is 0 Å². The van der Waals surface area contributed by atoms with Gasteiger partial charge in [0.25, 0.3) is 0 Å². The van der Waals surface area contributed by atoms with Gasteiger partial charge in [-0.3, -0.25) is 0 Å². The fourth-order valence-corrected chi connectivity index (χ4v) is 4.87. The van der Waals surface area contributed by atoms with Crippen LogP contribution in [-0.4, -0.2) is 5.11 Å². The third-order valence-corrected chi connectivity index (χ3v) is 6.54. The topological polar surface area (TPSA) is 38.7 Å². The van der Waals surface area contributed by atoms with E-state index < -0.39 is 0 Å². The summed E-state index contributed by atoms with van der Waals surface area (Å²) in [5.74, 6) is 2.57. The van der Waals surface area contributed by atoms with Crippen LogP contribution in [0.15, 0.2) is 42.5 Å². The van der Waals surface area contributed by atoms with Crippen molar-refractivity contribution in [1.29, 1.82) is 0 Å². The number of aromatic hydroxyl groups is 1. The van der Waals surface area contributed by atoms with Gasteiger partial charge in [-0.1, -0.05) is 59.7 Å². The molecule has 0 aromatic heterocycles. The molecule has 0 aliphatic heterocycles. The molecule has 3 aromatic carbocycles. The van der Waals surface area contributed by atoms with Crippen LogP contribution in [0.2, 0.25) is 0 Å². The van der Waals surface area contributed by atoms with E-state index in [1.54, 1.807) is 12.1 Å². The molecular formula is C30H38O3. The van der Waals surface area contributed by atoms with E-state index in [1.807, 2.05) is 18.2 Å². The van der Waals surface area contributed by atoms with E-state index in [9.17, 15) is 5.11 Å². The minimum Gasteiger partial charge on any atom is -0.504 e. The normalized spacial score (nSPS) is 11.0. The predicted octanol–water partition coefficient (Wildman–Crippen LogP) is 8.35. The summed E-state index contributed by atoms with van der Waals surface area (Å²) in [5, 5.41) is 10.7. The maximum atomic E-state index is 10.7. The van der Waals surface area contributed by atoms with Crippen molar-refractivity contribution in [1.82, 2.24) is 0 Å². The summed E-state index contributed by atoms with van der Waals surface area (Å²) in [5.41, 5.74) is 7.83. The van der Waals surface area contributed by atoms with Crippen molar-refractivity contribution in [2.24, 2.45) is 0 Å². The Morgan fingerprint density at radius 2 is 1.00 bits per heavy atom. The molecule has 0 atom stereocenters. The van der Waals surface area contributed by atoms with Gasteiger partial charge in [0.05, 0.1) is 0 Å². The highest BCUT2D eigenvalue weighted by Gasteiger charge is 2.19. The number of phenolic OH excluding ortho intramolecular Hbond substituents is 1. The molecule has 0 aliphatic carbocycles. The average molecular weight is 447 g/mol. The number of benzene rings is 3. The van der Waals surface area contributed by atoms with Gasteiger partial charge in [0.15, 0.2) is 11.5 Å². The lowest BCUT2D eigenvalue weighted by atomic mass is 9.94. The fourth-order valence-electron chi connectivity index (χ4n) is 4.87. The lowest BCUT2D eigenvalue weighted by Crippen LogP contribution is -2.03. The Kier molecular flexibility index (Phi) is 8.43. The number of para-hydroxylation sites is 1. The van der Waals surface area contributed by atoms with E-state index in [0.29, 0.717) is 11.5 Å². The van der Waals surface area contributed by atoms with Gasteiger partial charge in [0.2, 0.25) is 5.75 Å². The maximum absolute atomic E-state index is 10.7. The number of hydrogen-bond donors (Lipinski definition) is 1. The third kappa shape index (κ3) is 5.03. The molecule has 0 heterocycles. The van der Waals surface area contributed by atoms with E-state index >= 15 is 0 Å². The zero-order chi connectivity index (χ0) is 24.0. The summed E-state index contributed by atoms with van der Waals surface area (Å²) in [7, 11) is 0. The Morgan fingerprint density at radius 3 is 1.45 bits per heavy atom. The molecule has 0 radical (unpaired) electrons. The molecular weight excluding hydrogens is 408 g/mol. The van der Waals surface area contributed by atoms with Crippen LogP contribution < -0.4 is 9.47 Å². The molecule has 0 saturated heterocycles. The number of aryl methyl sites for hydroxylation is 2. The molecule has 1 N–H and O–H groups in total. The summed E-state index contributed by atoms with van der Waals surface area (Å²) in [6.45, 7) is 13.1. The minimum atomic E-state index is 0.0751. The average Bonchev–Trinajstić information content (AvgIpc) is 2.84. The van der Waals surface area contributed by atoms with Gasteiger partial charge in [-0.05, 0) is 96.2 Å². The van der Waals surface area contributed by atoms with Gasteiger partial charge in [0, 0.05) is 0 Å². The highest BCUT2D eigenvalue weighted by molar-refractivity contribution is 5.57. The number of phenols is 1. The molecule has 0 spiro atoms. The number of rotatable bonds is 10. The van der Waals surface area contributed by atoms with Crippen LogP contribution in [0.25, 0.3) is 0 Å². The van der Waals surface area contributed by atoms with Crippen molar-refractivity contribution in [3.05, 3.63) is 75.8 Å². The van der Waals surface area contributed by atoms with Crippen molar-refractivity contribution < 1.29 is 14.6 Å². The molecule has 33 heavy (non-hydrogen) atoms. The lowest BCUT2D eigenvalue weighted by Gasteiger charge is -2.20. The van der Waals surface area contributed by atoms with Gasteiger partial charge in [-0.25, -0.2) is 0 Å². The first kappa shape index (κ1) is 24.7.